The van der Waals surface area contributed by atoms with Crippen molar-refractivity contribution in [2.45, 2.75) is 51.1 Å². The third-order valence-electron chi connectivity index (χ3n) is 4.33. The van der Waals surface area contributed by atoms with E-state index in [0.29, 0.717) is 19.4 Å². The fourth-order valence-electron chi connectivity index (χ4n) is 3.20. The highest BCUT2D eigenvalue weighted by atomic mass is 16.4. The monoisotopic (exact) mass is 254 g/mol. The van der Waals surface area contributed by atoms with Gasteiger partial charge in [-0.3, -0.25) is 9.59 Å². The largest absolute Gasteiger partial charge is 0.481 e. The summed E-state index contributed by atoms with van der Waals surface area (Å²) in [6.07, 6.45) is 3.73. The molecule has 0 aromatic heterocycles. The van der Waals surface area contributed by atoms with Crippen LogP contribution in [0.15, 0.2) is 0 Å². The summed E-state index contributed by atoms with van der Waals surface area (Å²) in [5.41, 5.74) is 5.84. The molecule has 1 saturated heterocycles. The number of rotatable bonds is 2. The van der Waals surface area contributed by atoms with E-state index in [4.69, 9.17) is 10.8 Å². The normalized spacial score (nSPS) is 36.7. The molecular weight excluding hydrogens is 232 g/mol. The molecule has 1 amide bonds. The van der Waals surface area contributed by atoms with Gasteiger partial charge in [0, 0.05) is 24.5 Å². The molecule has 5 heteroatoms. The van der Waals surface area contributed by atoms with Crippen molar-refractivity contribution in [1.29, 1.82) is 0 Å². The number of carbonyl (C=O) groups excluding carboxylic acids is 1. The van der Waals surface area contributed by atoms with Crippen LogP contribution in [0.4, 0.5) is 0 Å². The van der Waals surface area contributed by atoms with Gasteiger partial charge in [0.15, 0.2) is 0 Å². The first kappa shape index (κ1) is 13.3. The van der Waals surface area contributed by atoms with Crippen LogP contribution in [0, 0.1) is 11.8 Å². The molecule has 1 saturated carbocycles. The van der Waals surface area contributed by atoms with Crippen LogP contribution < -0.4 is 5.73 Å². The van der Waals surface area contributed by atoms with Gasteiger partial charge in [0.05, 0.1) is 5.92 Å². The van der Waals surface area contributed by atoms with E-state index in [1.54, 1.807) is 0 Å². The van der Waals surface area contributed by atoms with Crippen molar-refractivity contribution in [2.75, 3.05) is 6.54 Å². The first-order chi connectivity index (χ1) is 8.49. The number of nitrogens with two attached hydrogens (primary N) is 1. The predicted molar refractivity (Wildman–Crippen MR) is 66.9 cm³/mol. The SMILES string of the molecule is CC1CC(C(=O)O)CCN1C(=O)C1CCC(N)C1. The number of hydrogen-bond donors (Lipinski definition) is 2. The Morgan fingerprint density at radius 2 is 1.89 bits per heavy atom. The Kier molecular flexibility index (Phi) is 3.90. The van der Waals surface area contributed by atoms with E-state index < -0.39 is 5.97 Å². The Hall–Kier alpha value is -1.10. The molecule has 0 bridgehead atoms. The molecule has 0 spiro atoms. The first-order valence-corrected chi connectivity index (χ1v) is 6.78. The number of nitrogens with zero attached hydrogens (tertiary/aromatic N) is 1. The lowest BCUT2D eigenvalue weighted by molar-refractivity contribution is -0.148. The van der Waals surface area contributed by atoms with Gasteiger partial charge in [-0.15, -0.1) is 0 Å². The van der Waals surface area contributed by atoms with Gasteiger partial charge in [0.2, 0.25) is 5.91 Å². The van der Waals surface area contributed by atoms with Gasteiger partial charge in [-0.25, -0.2) is 0 Å². The zero-order valence-electron chi connectivity index (χ0n) is 10.8. The van der Waals surface area contributed by atoms with Gasteiger partial charge in [-0.2, -0.15) is 0 Å². The van der Waals surface area contributed by atoms with E-state index in [1.165, 1.54) is 0 Å². The van der Waals surface area contributed by atoms with Crippen LogP contribution >= 0.6 is 0 Å². The average molecular weight is 254 g/mol. The van der Waals surface area contributed by atoms with E-state index >= 15 is 0 Å². The molecule has 1 aliphatic carbocycles. The quantitative estimate of drug-likeness (QED) is 0.764. The Bertz CT molecular complexity index is 345. The lowest BCUT2D eigenvalue weighted by atomic mass is 9.90. The zero-order chi connectivity index (χ0) is 13.3. The van der Waals surface area contributed by atoms with Crippen molar-refractivity contribution in [1.82, 2.24) is 4.90 Å². The number of piperidine rings is 1. The molecule has 2 fully saturated rings. The molecule has 4 atom stereocenters. The number of carboxylic acids is 1. The van der Waals surface area contributed by atoms with Crippen LogP contribution in [-0.2, 0) is 9.59 Å². The average Bonchev–Trinajstić information content (AvgIpc) is 2.74. The molecular formula is C13H22N2O3. The number of amides is 1. The van der Waals surface area contributed by atoms with Crippen LogP contribution in [0.5, 0.6) is 0 Å². The van der Waals surface area contributed by atoms with Crippen molar-refractivity contribution in [3.63, 3.8) is 0 Å². The second-order valence-electron chi connectivity index (χ2n) is 5.71. The van der Waals surface area contributed by atoms with Crippen LogP contribution in [-0.4, -0.2) is 40.5 Å². The summed E-state index contributed by atoms with van der Waals surface area (Å²) in [4.78, 5) is 25.2. The molecule has 0 radical (unpaired) electrons. The highest BCUT2D eigenvalue weighted by Gasteiger charge is 2.37. The van der Waals surface area contributed by atoms with Gasteiger partial charge in [0.1, 0.15) is 0 Å². The molecule has 102 valence electrons. The Labute approximate surface area is 107 Å². The van der Waals surface area contributed by atoms with Crippen molar-refractivity contribution in [2.24, 2.45) is 17.6 Å². The number of aliphatic carboxylic acids is 1. The zero-order valence-corrected chi connectivity index (χ0v) is 10.8. The molecule has 3 N–H and O–H groups in total. The van der Waals surface area contributed by atoms with Gasteiger partial charge in [-0.05, 0) is 39.0 Å². The van der Waals surface area contributed by atoms with E-state index in [1.807, 2.05) is 11.8 Å². The number of carboxylic acid groups (broad SMARTS) is 1. The minimum atomic E-state index is -0.739. The molecule has 2 rings (SSSR count). The summed E-state index contributed by atoms with van der Waals surface area (Å²) in [6.45, 7) is 2.52. The maximum absolute atomic E-state index is 12.4. The number of carbonyl (C=O) groups is 2. The molecule has 0 aromatic carbocycles. The summed E-state index contributed by atoms with van der Waals surface area (Å²) in [5.74, 6) is -0.796. The predicted octanol–water partition coefficient (Wildman–Crippen LogP) is 0.825. The molecule has 0 aromatic rings. The smallest absolute Gasteiger partial charge is 0.306 e. The minimum absolute atomic E-state index is 0.0316. The summed E-state index contributed by atoms with van der Waals surface area (Å²) < 4.78 is 0. The fourth-order valence-corrected chi connectivity index (χ4v) is 3.20. The second kappa shape index (κ2) is 5.26. The molecule has 2 aliphatic rings. The standard InChI is InChI=1S/C13H22N2O3/c1-8-6-10(13(17)18)4-5-15(8)12(16)9-2-3-11(14)7-9/h8-11H,2-7,14H2,1H3,(H,17,18). The first-order valence-electron chi connectivity index (χ1n) is 6.78. The summed E-state index contributed by atoms with van der Waals surface area (Å²) in [5, 5.41) is 9.01. The Balaban J connectivity index is 1.94. The number of hydrogen-bond acceptors (Lipinski definition) is 3. The topological polar surface area (TPSA) is 83.6 Å². The minimum Gasteiger partial charge on any atom is -0.481 e. The van der Waals surface area contributed by atoms with Crippen LogP contribution in [0.3, 0.4) is 0 Å². The second-order valence-corrected chi connectivity index (χ2v) is 5.71. The van der Waals surface area contributed by atoms with Gasteiger partial charge in [-0.1, -0.05) is 0 Å². The highest BCUT2D eigenvalue weighted by Crippen LogP contribution is 2.30. The summed E-state index contributed by atoms with van der Waals surface area (Å²) in [7, 11) is 0. The van der Waals surface area contributed by atoms with Crippen LogP contribution in [0.25, 0.3) is 0 Å². The lowest BCUT2D eigenvalue weighted by Crippen LogP contribution is -2.48. The van der Waals surface area contributed by atoms with Crippen LogP contribution in [0.1, 0.15) is 39.0 Å². The van der Waals surface area contributed by atoms with Crippen LogP contribution in [0.2, 0.25) is 0 Å². The maximum atomic E-state index is 12.4. The number of likely N-dealkylation sites (tertiary alicyclic amines) is 1. The van der Waals surface area contributed by atoms with Crippen molar-refractivity contribution in [3.05, 3.63) is 0 Å². The third-order valence-corrected chi connectivity index (χ3v) is 4.33. The van der Waals surface area contributed by atoms with Gasteiger partial charge < -0.3 is 15.7 Å². The van der Waals surface area contributed by atoms with Crippen molar-refractivity contribution in [3.8, 4) is 0 Å². The van der Waals surface area contributed by atoms with E-state index in [0.717, 1.165) is 19.3 Å². The van der Waals surface area contributed by atoms with Crippen molar-refractivity contribution >= 4 is 11.9 Å². The molecule has 5 nitrogen and oxygen atoms in total. The van der Waals surface area contributed by atoms with E-state index in [9.17, 15) is 9.59 Å². The highest BCUT2D eigenvalue weighted by molar-refractivity contribution is 5.80. The summed E-state index contributed by atoms with van der Waals surface area (Å²) >= 11 is 0. The van der Waals surface area contributed by atoms with Gasteiger partial charge in [0.25, 0.3) is 0 Å². The molecule has 4 unspecified atom stereocenters. The van der Waals surface area contributed by atoms with E-state index in [-0.39, 0.29) is 29.8 Å². The molecule has 1 aliphatic heterocycles. The van der Waals surface area contributed by atoms with Gasteiger partial charge >= 0.3 is 5.97 Å². The fraction of sp³-hybridized carbons (Fsp3) is 0.846. The third kappa shape index (κ3) is 2.66. The van der Waals surface area contributed by atoms with E-state index in [2.05, 4.69) is 0 Å². The lowest BCUT2D eigenvalue weighted by Gasteiger charge is -2.37. The Morgan fingerprint density at radius 1 is 1.17 bits per heavy atom. The van der Waals surface area contributed by atoms with Crippen molar-refractivity contribution < 1.29 is 14.7 Å². The summed E-state index contributed by atoms with van der Waals surface area (Å²) in [6, 6.07) is 0.190. The maximum Gasteiger partial charge on any atom is 0.306 e. The Morgan fingerprint density at radius 3 is 2.39 bits per heavy atom. The molecule has 18 heavy (non-hydrogen) atoms. The molecule has 1 heterocycles.